The maximum atomic E-state index is 5.24. The van der Waals surface area contributed by atoms with Crippen molar-refractivity contribution in [1.29, 1.82) is 0 Å². The predicted octanol–water partition coefficient (Wildman–Crippen LogP) is 2.86. The van der Waals surface area contributed by atoms with E-state index in [0.717, 1.165) is 38.3 Å². The molecule has 0 bridgehead atoms. The number of hydrogen-bond acceptors (Lipinski definition) is 3. The number of methoxy groups -OCH3 is 1. The number of hydrogen-bond donors (Lipinski definition) is 2. The summed E-state index contributed by atoms with van der Waals surface area (Å²) in [6.45, 7) is 7.92. The van der Waals surface area contributed by atoms with E-state index in [1.807, 2.05) is 0 Å². The molecule has 0 saturated carbocycles. The molecule has 1 rings (SSSR count). The molecule has 0 aliphatic rings. The summed E-state index contributed by atoms with van der Waals surface area (Å²) in [6, 6.07) is 8.33. The normalized spacial score (nSPS) is 10.2. The van der Waals surface area contributed by atoms with Crippen LogP contribution in [-0.4, -0.2) is 38.5 Å². The van der Waals surface area contributed by atoms with Crippen LogP contribution < -0.4 is 15.5 Å². The van der Waals surface area contributed by atoms with Crippen LogP contribution in [0.1, 0.15) is 20.3 Å². The second kappa shape index (κ2) is 9.55. The highest BCUT2D eigenvalue weighted by Gasteiger charge is 2.02. The summed E-state index contributed by atoms with van der Waals surface area (Å²) >= 11 is 5.24. The average molecular weight is 295 g/mol. The largest absolute Gasteiger partial charge is 0.385 e. The van der Waals surface area contributed by atoms with Gasteiger partial charge in [-0.3, -0.25) is 0 Å². The molecule has 0 aliphatic heterocycles. The molecule has 5 heteroatoms. The Kier molecular flexibility index (Phi) is 7.99. The van der Waals surface area contributed by atoms with Crippen LogP contribution in [0.5, 0.6) is 0 Å². The molecule has 0 radical (unpaired) electrons. The van der Waals surface area contributed by atoms with E-state index < -0.39 is 0 Å². The quantitative estimate of drug-likeness (QED) is 0.570. The van der Waals surface area contributed by atoms with Crippen LogP contribution >= 0.6 is 12.2 Å². The summed E-state index contributed by atoms with van der Waals surface area (Å²) in [5.41, 5.74) is 2.24. The Balaban J connectivity index is 2.42. The summed E-state index contributed by atoms with van der Waals surface area (Å²) < 4.78 is 4.99. The van der Waals surface area contributed by atoms with Gasteiger partial charge in [0.2, 0.25) is 0 Å². The van der Waals surface area contributed by atoms with Crippen molar-refractivity contribution in [3.05, 3.63) is 24.3 Å². The van der Waals surface area contributed by atoms with E-state index in [4.69, 9.17) is 17.0 Å². The van der Waals surface area contributed by atoms with E-state index in [2.05, 4.69) is 53.6 Å². The summed E-state index contributed by atoms with van der Waals surface area (Å²) in [4.78, 5) is 2.31. The Labute approximate surface area is 127 Å². The Morgan fingerprint density at radius 1 is 1.20 bits per heavy atom. The van der Waals surface area contributed by atoms with E-state index in [1.54, 1.807) is 7.11 Å². The highest BCUT2D eigenvalue weighted by atomic mass is 32.1. The third-order valence-electron chi connectivity index (χ3n) is 3.06. The zero-order chi connectivity index (χ0) is 14.8. The first-order valence-electron chi connectivity index (χ1n) is 7.10. The van der Waals surface area contributed by atoms with Gasteiger partial charge in [0.05, 0.1) is 0 Å². The van der Waals surface area contributed by atoms with Gasteiger partial charge >= 0.3 is 0 Å². The van der Waals surface area contributed by atoms with Crippen molar-refractivity contribution in [3.8, 4) is 0 Å². The van der Waals surface area contributed by atoms with E-state index in [1.165, 1.54) is 5.69 Å². The highest BCUT2D eigenvalue weighted by Crippen LogP contribution is 2.17. The molecule has 0 fully saturated rings. The number of ether oxygens (including phenoxy) is 1. The van der Waals surface area contributed by atoms with Crippen molar-refractivity contribution in [2.45, 2.75) is 20.3 Å². The molecule has 4 nitrogen and oxygen atoms in total. The van der Waals surface area contributed by atoms with Gasteiger partial charge in [-0.25, -0.2) is 0 Å². The van der Waals surface area contributed by atoms with Crippen LogP contribution in [0.2, 0.25) is 0 Å². The molecule has 112 valence electrons. The molecule has 0 atom stereocenters. The van der Waals surface area contributed by atoms with Gasteiger partial charge in [-0.15, -0.1) is 0 Å². The number of nitrogens with one attached hydrogen (secondary N) is 2. The topological polar surface area (TPSA) is 36.5 Å². The number of thiocarbonyl (C=S) groups is 1. The second-order valence-corrected chi connectivity index (χ2v) is 4.85. The monoisotopic (exact) mass is 295 g/mol. The van der Waals surface area contributed by atoms with Gasteiger partial charge < -0.3 is 20.3 Å². The molecular weight excluding hydrogens is 270 g/mol. The van der Waals surface area contributed by atoms with E-state index >= 15 is 0 Å². The lowest BCUT2D eigenvalue weighted by Gasteiger charge is -2.21. The maximum Gasteiger partial charge on any atom is 0.170 e. The third kappa shape index (κ3) is 5.75. The summed E-state index contributed by atoms with van der Waals surface area (Å²) in [5.74, 6) is 0. The van der Waals surface area contributed by atoms with Crippen molar-refractivity contribution >= 4 is 28.7 Å². The fourth-order valence-corrected chi connectivity index (χ4v) is 2.16. The summed E-state index contributed by atoms with van der Waals surface area (Å²) in [7, 11) is 1.70. The number of nitrogens with zero attached hydrogens (tertiary/aromatic N) is 1. The lowest BCUT2D eigenvalue weighted by Crippen LogP contribution is -2.29. The molecule has 0 heterocycles. The minimum absolute atomic E-state index is 0.650. The van der Waals surface area contributed by atoms with Gasteiger partial charge in [0.1, 0.15) is 0 Å². The Bertz CT molecular complexity index is 391. The Morgan fingerprint density at radius 2 is 1.85 bits per heavy atom. The van der Waals surface area contributed by atoms with Crippen molar-refractivity contribution in [2.75, 3.05) is 43.6 Å². The minimum Gasteiger partial charge on any atom is -0.385 e. The standard InChI is InChI=1S/C15H25N3OS/c1-4-18(5-2)14-9-7-13(8-10-14)17-15(20)16-11-6-12-19-3/h7-10H,4-6,11-12H2,1-3H3,(H2,16,17,20). The summed E-state index contributed by atoms with van der Waals surface area (Å²) in [5, 5.41) is 6.99. The third-order valence-corrected chi connectivity index (χ3v) is 3.31. The first kappa shape index (κ1) is 16.7. The van der Waals surface area contributed by atoms with Crippen molar-refractivity contribution in [1.82, 2.24) is 5.32 Å². The van der Waals surface area contributed by atoms with Crippen LogP contribution in [0.25, 0.3) is 0 Å². The molecule has 20 heavy (non-hydrogen) atoms. The fourth-order valence-electron chi connectivity index (χ4n) is 1.94. The summed E-state index contributed by atoms with van der Waals surface area (Å²) in [6.07, 6.45) is 0.944. The maximum absolute atomic E-state index is 5.24. The van der Waals surface area contributed by atoms with Gasteiger partial charge in [0.15, 0.2) is 5.11 Å². The van der Waals surface area contributed by atoms with Gasteiger partial charge in [-0.2, -0.15) is 0 Å². The van der Waals surface area contributed by atoms with E-state index in [-0.39, 0.29) is 0 Å². The van der Waals surface area contributed by atoms with E-state index in [9.17, 15) is 0 Å². The fraction of sp³-hybridized carbons (Fsp3) is 0.533. The molecule has 1 aromatic carbocycles. The van der Waals surface area contributed by atoms with Crippen molar-refractivity contribution in [3.63, 3.8) is 0 Å². The molecular formula is C15H25N3OS. The molecule has 0 amide bonds. The zero-order valence-corrected chi connectivity index (χ0v) is 13.4. The first-order chi connectivity index (χ1) is 9.71. The number of benzene rings is 1. The Hall–Kier alpha value is -1.33. The molecule has 0 unspecified atom stereocenters. The van der Waals surface area contributed by atoms with Crippen LogP contribution in [0.3, 0.4) is 0 Å². The van der Waals surface area contributed by atoms with Crippen LogP contribution in [0, 0.1) is 0 Å². The predicted molar refractivity (Wildman–Crippen MR) is 90.7 cm³/mol. The highest BCUT2D eigenvalue weighted by molar-refractivity contribution is 7.80. The van der Waals surface area contributed by atoms with Gasteiger partial charge in [0.25, 0.3) is 0 Å². The van der Waals surface area contributed by atoms with Crippen molar-refractivity contribution < 1.29 is 4.74 Å². The minimum atomic E-state index is 0.650. The molecule has 2 N–H and O–H groups in total. The smallest absolute Gasteiger partial charge is 0.170 e. The van der Waals surface area contributed by atoms with Crippen molar-refractivity contribution in [2.24, 2.45) is 0 Å². The number of anilines is 2. The second-order valence-electron chi connectivity index (χ2n) is 4.45. The molecule has 0 aliphatic carbocycles. The molecule has 0 spiro atoms. The first-order valence-corrected chi connectivity index (χ1v) is 7.50. The average Bonchev–Trinajstić information content (AvgIpc) is 2.47. The van der Waals surface area contributed by atoms with Gasteiger partial charge in [0, 0.05) is 44.7 Å². The SMILES string of the molecule is CCN(CC)c1ccc(NC(=S)NCCCOC)cc1. The molecule has 0 saturated heterocycles. The van der Waals surface area contributed by atoms with Gasteiger partial charge in [-0.1, -0.05) is 0 Å². The molecule has 1 aromatic rings. The van der Waals surface area contributed by atoms with Crippen LogP contribution in [0.4, 0.5) is 11.4 Å². The lowest BCUT2D eigenvalue weighted by molar-refractivity contribution is 0.196. The van der Waals surface area contributed by atoms with Crippen LogP contribution in [0.15, 0.2) is 24.3 Å². The Morgan fingerprint density at radius 3 is 2.40 bits per heavy atom. The van der Waals surface area contributed by atoms with Gasteiger partial charge in [-0.05, 0) is 56.8 Å². The zero-order valence-electron chi connectivity index (χ0n) is 12.6. The van der Waals surface area contributed by atoms with Crippen LogP contribution in [-0.2, 0) is 4.74 Å². The molecule has 0 aromatic heterocycles. The number of rotatable bonds is 8. The lowest BCUT2D eigenvalue weighted by atomic mass is 10.2. The van der Waals surface area contributed by atoms with E-state index in [0.29, 0.717) is 5.11 Å².